The van der Waals surface area contributed by atoms with Gasteiger partial charge in [-0.3, -0.25) is 0 Å². The van der Waals surface area contributed by atoms with E-state index in [9.17, 15) is 0 Å². The average Bonchev–Trinajstić information content (AvgIpc) is 2.35. The molecule has 0 aliphatic rings. The third kappa shape index (κ3) is 2.76. The van der Waals surface area contributed by atoms with Crippen LogP contribution in [0.4, 0.5) is 0 Å². The van der Waals surface area contributed by atoms with Crippen molar-refractivity contribution in [2.24, 2.45) is 5.73 Å². The highest BCUT2D eigenvalue weighted by Crippen LogP contribution is 2.32. The van der Waals surface area contributed by atoms with E-state index < -0.39 is 0 Å². The van der Waals surface area contributed by atoms with Crippen LogP contribution in [0.25, 0.3) is 6.08 Å². The lowest BCUT2D eigenvalue weighted by Gasteiger charge is -2.11. The van der Waals surface area contributed by atoms with Gasteiger partial charge in [0, 0.05) is 12.1 Å². The van der Waals surface area contributed by atoms with Crippen LogP contribution in [0.5, 0.6) is 11.5 Å². The van der Waals surface area contributed by atoms with Gasteiger partial charge < -0.3 is 15.2 Å². The number of hydrogen-bond acceptors (Lipinski definition) is 3. The summed E-state index contributed by atoms with van der Waals surface area (Å²) >= 11 is 0. The SMILES string of the molecule is CCC(=Cc1cccc(OC)c1OC)CN. The minimum absolute atomic E-state index is 0.566. The Labute approximate surface area is 96.9 Å². The second kappa shape index (κ2) is 6.18. The van der Waals surface area contributed by atoms with Gasteiger partial charge in [0.25, 0.3) is 0 Å². The van der Waals surface area contributed by atoms with Crippen molar-refractivity contribution in [2.75, 3.05) is 20.8 Å². The Bertz CT molecular complexity index is 366. The van der Waals surface area contributed by atoms with E-state index in [1.54, 1.807) is 14.2 Å². The molecule has 3 heteroatoms. The summed E-state index contributed by atoms with van der Waals surface area (Å²) in [6.45, 7) is 2.65. The molecule has 0 saturated heterocycles. The summed E-state index contributed by atoms with van der Waals surface area (Å²) < 4.78 is 10.6. The number of para-hydroxylation sites is 1. The lowest BCUT2D eigenvalue weighted by molar-refractivity contribution is 0.354. The number of ether oxygens (including phenoxy) is 2. The van der Waals surface area contributed by atoms with Gasteiger partial charge in [-0.15, -0.1) is 0 Å². The molecule has 16 heavy (non-hydrogen) atoms. The molecule has 1 aromatic rings. The summed E-state index contributed by atoms with van der Waals surface area (Å²) in [4.78, 5) is 0. The number of rotatable bonds is 5. The van der Waals surface area contributed by atoms with Crippen LogP contribution >= 0.6 is 0 Å². The van der Waals surface area contributed by atoms with Gasteiger partial charge in [0.15, 0.2) is 11.5 Å². The van der Waals surface area contributed by atoms with Gasteiger partial charge >= 0.3 is 0 Å². The van der Waals surface area contributed by atoms with Gasteiger partial charge in [-0.2, -0.15) is 0 Å². The Hall–Kier alpha value is -1.48. The summed E-state index contributed by atoms with van der Waals surface area (Å²) in [6.07, 6.45) is 3.00. The summed E-state index contributed by atoms with van der Waals surface area (Å²) in [5.74, 6) is 1.49. The monoisotopic (exact) mass is 221 g/mol. The fourth-order valence-corrected chi connectivity index (χ4v) is 1.55. The maximum atomic E-state index is 5.65. The Balaban J connectivity index is 3.17. The molecule has 0 saturated carbocycles. The standard InChI is InChI=1S/C13H19NO2/c1-4-10(9-14)8-11-6-5-7-12(15-2)13(11)16-3/h5-8H,4,9,14H2,1-3H3. The van der Waals surface area contributed by atoms with Crippen molar-refractivity contribution < 1.29 is 9.47 Å². The Morgan fingerprint density at radius 2 is 2.06 bits per heavy atom. The maximum absolute atomic E-state index is 5.65. The molecule has 0 radical (unpaired) electrons. The predicted octanol–water partition coefficient (Wildman–Crippen LogP) is 2.46. The summed E-state index contributed by atoms with van der Waals surface area (Å²) in [5.41, 5.74) is 7.84. The van der Waals surface area contributed by atoms with E-state index in [0.717, 1.165) is 23.5 Å². The fraction of sp³-hybridized carbons (Fsp3) is 0.385. The lowest BCUT2D eigenvalue weighted by Crippen LogP contribution is -2.02. The van der Waals surface area contributed by atoms with E-state index >= 15 is 0 Å². The maximum Gasteiger partial charge on any atom is 0.167 e. The van der Waals surface area contributed by atoms with Crippen LogP contribution in [0.1, 0.15) is 18.9 Å². The van der Waals surface area contributed by atoms with Crippen molar-refractivity contribution in [3.05, 3.63) is 29.3 Å². The summed E-state index contributed by atoms with van der Waals surface area (Å²) in [6, 6.07) is 5.81. The van der Waals surface area contributed by atoms with E-state index in [-0.39, 0.29) is 0 Å². The largest absolute Gasteiger partial charge is 0.493 e. The highest BCUT2D eigenvalue weighted by Gasteiger charge is 2.07. The van der Waals surface area contributed by atoms with Crippen molar-refractivity contribution in [1.82, 2.24) is 0 Å². The molecular formula is C13H19NO2. The topological polar surface area (TPSA) is 44.5 Å². The van der Waals surface area contributed by atoms with E-state index in [0.29, 0.717) is 6.54 Å². The summed E-state index contributed by atoms with van der Waals surface area (Å²) in [5, 5.41) is 0. The minimum Gasteiger partial charge on any atom is -0.493 e. The Kier molecular flexibility index (Phi) is 4.86. The van der Waals surface area contributed by atoms with Gasteiger partial charge in [-0.25, -0.2) is 0 Å². The molecule has 2 N–H and O–H groups in total. The molecule has 3 nitrogen and oxygen atoms in total. The first kappa shape index (κ1) is 12.6. The second-order valence-corrected chi connectivity index (χ2v) is 3.44. The average molecular weight is 221 g/mol. The van der Waals surface area contributed by atoms with Crippen LogP contribution in [0.15, 0.2) is 23.8 Å². The molecule has 0 heterocycles. The van der Waals surface area contributed by atoms with Crippen LogP contribution < -0.4 is 15.2 Å². The van der Waals surface area contributed by atoms with Crippen molar-refractivity contribution in [3.63, 3.8) is 0 Å². The number of nitrogens with two attached hydrogens (primary N) is 1. The van der Waals surface area contributed by atoms with Crippen LogP contribution in [0, 0.1) is 0 Å². The number of hydrogen-bond donors (Lipinski definition) is 1. The van der Waals surface area contributed by atoms with Crippen molar-refractivity contribution >= 4 is 6.08 Å². The molecule has 0 unspecified atom stereocenters. The lowest BCUT2D eigenvalue weighted by atomic mass is 10.1. The van der Waals surface area contributed by atoms with Crippen LogP contribution in [0.2, 0.25) is 0 Å². The zero-order valence-corrected chi connectivity index (χ0v) is 10.1. The van der Waals surface area contributed by atoms with Crippen LogP contribution in [-0.2, 0) is 0 Å². The third-order valence-corrected chi connectivity index (χ3v) is 2.51. The minimum atomic E-state index is 0.566. The highest BCUT2D eigenvalue weighted by molar-refractivity contribution is 5.64. The van der Waals surface area contributed by atoms with Gasteiger partial charge in [0.2, 0.25) is 0 Å². The molecule has 88 valence electrons. The van der Waals surface area contributed by atoms with Gasteiger partial charge in [-0.05, 0) is 12.5 Å². The molecule has 0 amide bonds. The molecular weight excluding hydrogens is 202 g/mol. The fourth-order valence-electron chi connectivity index (χ4n) is 1.55. The first-order chi connectivity index (χ1) is 7.76. The van der Waals surface area contributed by atoms with Crippen LogP contribution in [0.3, 0.4) is 0 Å². The Morgan fingerprint density at radius 1 is 1.31 bits per heavy atom. The highest BCUT2D eigenvalue weighted by atomic mass is 16.5. The normalized spacial score (nSPS) is 11.4. The third-order valence-electron chi connectivity index (χ3n) is 2.51. The first-order valence-corrected chi connectivity index (χ1v) is 5.37. The molecule has 1 aromatic carbocycles. The smallest absolute Gasteiger partial charge is 0.167 e. The van der Waals surface area contributed by atoms with E-state index in [1.807, 2.05) is 18.2 Å². The van der Waals surface area contributed by atoms with Gasteiger partial charge in [0.05, 0.1) is 14.2 Å². The molecule has 0 spiro atoms. The predicted molar refractivity (Wildman–Crippen MR) is 66.9 cm³/mol. The number of methoxy groups -OCH3 is 2. The molecule has 0 fully saturated rings. The van der Waals surface area contributed by atoms with E-state index in [2.05, 4.69) is 13.0 Å². The zero-order valence-electron chi connectivity index (χ0n) is 10.1. The molecule has 0 aliphatic heterocycles. The van der Waals surface area contributed by atoms with Crippen molar-refractivity contribution in [2.45, 2.75) is 13.3 Å². The zero-order chi connectivity index (χ0) is 12.0. The molecule has 0 bridgehead atoms. The quantitative estimate of drug-likeness (QED) is 0.830. The van der Waals surface area contributed by atoms with Crippen molar-refractivity contribution in [3.8, 4) is 11.5 Å². The second-order valence-electron chi connectivity index (χ2n) is 3.44. The first-order valence-electron chi connectivity index (χ1n) is 5.37. The van der Waals surface area contributed by atoms with E-state index in [4.69, 9.17) is 15.2 Å². The molecule has 0 aliphatic carbocycles. The summed E-state index contributed by atoms with van der Waals surface area (Å²) in [7, 11) is 3.28. The van der Waals surface area contributed by atoms with E-state index in [1.165, 1.54) is 5.57 Å². The van der Waals surface area contributed by atoms with Crippen molar-refractivity contribution in [1.29, 1.82) is 0 Å². The van der Waals surface area contributed by atoms with Crippen LogP contribution in [-0.4, -0.2) is 20.8 Å². The molecule has 0 atom stereocenters. The van der Waals surface area contributed by atoms with Gasteiger partial charge in [-0.1, -0.05) is 30.7 Å². The number of benzene rings is 1. The Morgan fingerprint density at radius 3 is 2.56 bits per heavy atom. The molecule has 1 rings (SSSR count). The van der Waals surface area contributed by atoms with Gasteiger partial charge in [0.1, 0.15) is 0 Å². The molecule has 0 aromatic heterocycles.